The fourth-order valence-electron chi connectivity index (χ4n) is 3.36. The Morgan fingerprint density at radius 3 is 2.90 bits per heavy atom. The average Bonchev–Trinajstić information content (AvgIpc) is 2.95. The summed E-state index contributed by atoms with van der Waals surface area (Å²) in [4.78, 5) is 15.7. The molecule has 2 atom stereocenters. The highest BCUT2D eigenvalue weighted by atomic mass is 16.4. The van der Waals surface area contributed by atoms with Crippen molar-refractivity contribution < 1.29 is 9.90 Å². The molecule has 0 unspecified atom stereocenters. The van der Waals surface area contributed by atoms with E-state index in [0.717, 1.165) is 37.8 Å². The van der Waals surface area contributed by atoms with Crippen molar-refractivity contribution in [2.45, 2.75) is 51.0 Å². The van der Waals surface area contributed by atoms with E-state index < -0.39 is 5.97 Å². The van der Waals surface area contributed by atoms with Crippen LogP contribution in [-0.4, -0.2) is 22.1 Å². The fraction of sp³-hybridized carbons (Fsp3) is 0.562. The van der Waals surface area contributed by atoms with Crippen LogP contribution >= 0.6 is 0 Å². The number of nitrogens with zero attached hydrogens (tertiary/aromatic N) is 2. The van der Waals surface area contributed by atoms with Gasteiger partial charge in [-0.25, -0.2) is 4.98 Å². The van der Waals surface area contributed by atoms with Crippen LogP contribution in [0.3, 0.4) is 0 Å². The summed E-state index contributed by atoms with van der Waals surface area (Å²) in [7, 11) is 0. The summed E-state index contributed by atoms with van der Waals surface area (Å²) < 4.78 is 0. The van der Waals surface area contributed by atoms with Gasteiger partial charge in [-0.1, -0.05) is 0 Å². The molecule has 0 bridgehead atoms. The number of hydrogen-bond donors (Lipinski definition) is 2. The first-order valence-corrected chi connectivity index (χ1v) is 7.59. The van der Waals surface area contributed by atoms with Gasteiger partial charge in [-0.2, -0.15) is 5.26 Å². The number of aryl methyl sites for hydroxylation is 2. The number of pyridine rings is 1. The first-order chi connectivity index (χ1) is 10.2. The van der Waals surface area contributed by atoms with E-state index in [1.807, 2.05) is 6.07 Å². The van der Waals surface area contributed by atoms with Crippen molar-refractivity contribution in [3.8, 4) is 6.07 Å². The first kappa shape index (κ1) is 13.9. The molecule has 110 valence electrons. The molecule has 1 aromatic rings. The molecule has 1 saturated carbocycles. The van der Waals surface area contributed by atoms with Crippen molar-refractivity contribution >= 4 is 11.8 Å². The monoisotopic (exact) mass is 285 g/mol. The second kappa shape index (κ2) is 5.72. The van der Waals surface area contributed by atoms with E-state index in [1.54, 1.807) is 0 Å². The minimum absolute atomic E-state index is 0.104. The Kier molecular flexibility index (Phi) is 3.78. The largest absolute Gasteiger partial charge is 0.481 e. The van der Waals surface area contributed by atoms with Gasteiger partial charge in [-0.15, -0.1) is 0 Å². The van der Waals surface area contributed by atoms with E-state index in [1.165, 1.54) is 5.56 Å². The number of nitrogens with one attached hydrogen (secondary N) is 1. The molecule has 2 N–H and O–H groups in total. The number of carboxylic acids is 1. The predicted molar refractivity (Wildman–Crippen MR) is 78.0 cm³/mol. The van der Waals surface area contributed by atoms with Gasteiger partial charge in [0.2, 0.25) is 0 Å². The third-order valence-electron chi connectivity index (χ3n) is 4.54. The van der Waals surface area contributed by atoms with E-state index in [4.69, 9.17) is 5.11 Å². The summed E-state index contributed by atoms with van der Waals surface area (Å²) in [6.45, 7) is 0. The quantitative estimate of drug-likeness (QED) is 0.891. The second-order valence-corrected chi connectivity index (χ2v) is 6.00. The van der Waals surface area contributed by atoms with Crippen LogP contribution in [0.2, 0.25) is 0 Å². The van der Waals surface area contributed by atoms with Crippen molar-refractivity contribution in [2.75, 3.05) is 5.32 Å². The highest BCUT2D eigenvalue weighted by Crippen LogP contribution is 2.30. The molecule has 1 aromatic heterocycles. The molecule has 1 heterocycles. The SMILES string of the molecule is N#Cc1cc2c(nc1N[C@H]1CC[C@@H](C(=O)O)C1)CCCC2. The van der Waals surface area contributed by atoms with Crippen LogP contribution in [0.15, 0.2) is 6.07 Å². The van der Waals surface area contributed by atoms with Crippen molar-refractivity contribution in [1.82, 2.24) is 4.98 Å². The number of fused-ring (bicyclic) bond motifs is 1. The summed E-state index contributed by atoms with van der Waals surface area (Å²) in [6, 6.07) is 4.27. The Labute approximate surface area is 124 Å². The molecule has 2 aliphatic rings. The van der Waals surface area contributed by atoms with Gasteiger partial charge in [0.1, 0.15) is 11.9 Å². The van der Waals surface area contributed by atoms with Gasteiger partial charge >= 0.3 is 5.97 Å². The minimum Gasteiger partial charge on any atom is -0.481 e. The van der Waals surface area contributed by atoms with Crippen molar-refractivity contribution in [1.29, 1.82) is 5.26 Å². The number of carbonyl (C=O) groups is 1. The maximum Gasteiger partial charge on any atom is 0.306 e. The van der Waals surface area contributed by atoms with Crippen LogP contribution in [0.5, 0.6) is 0 Å². The standard InChI is InChI=1S/C16H19N3O2/c17-9-12-7-10-3-1-2-4-14(10)19-15(12)18-13-6-5-11(8-13)16(20)21/h7,11,13H,1-6,8H2,(H,18,19)(H,20,21)/t11-,13+/m1/s1. The van der Waals surface area contributed by atoms with Gasteiger partial charge < -0.3 is 10.4 Å². The molecule has 0 amide bonds. The minimum atomic E-state index is -0.724. The first-order valence-electron chi connectivity index (χ1n) is 7.59. The second-order valence-electron chi connectivity index (χ2n) is 6.00. The lowest BCUT2D eigenvalue weighted by Gasteiger charge is -2.19. The zero-order valence-corrected chi connectivity index (χ0v) is 11.9. The molecule has 5 heteroatoms. The molecule has 3 rings (SSSR count). The Balaban J connectivity index is 1.79. The molecular weight excluding hydrogens is 266 g/mol. The molecular formula is C16H19N3O2. The summed E-state index contributed by atoms with van der Waals surface area (Å²) >= 11 is 0. The number of carboxylic acid groups (broad SMARTS) is 1. The number of aliphatic carboxylic acids is 1. The van der Waals surface area contributed by atoms with Gasteiger partial charge in [-0.05, 0) is 56.6 Å². The smallest absolute Gasteiger partial charge is 0.306 e. The Hall–Kier alpha value is -2.09. The highest BCUT2D eigenvalue weighted by molar-refractivity contribution is 5.70. The zero-order valence-electron chi connectivity index (χ0n) is 11.9. The third kappa shape index (κ3) is 2.85. The number of anilines is 1. The number of hydrogen-bond acceptors (Lipinski definition) is 4. The molecule has 0 saturated heterocycles. The van der Waals surface area contributed by atoms with E-state index in [9.17, 15) is 10.1 Å². The maximum atomic E-state index is 11.0. The Morgan fingerprint density at radius 1 is 1.38 bits per heavy atom. The molecule has 5 nitrogen and oxygen atoms in total. The van der Waals surface area contributed by atoms with Gasteiger partial charge in [0, 0.05) is 11.7 Å². The van der Waals surface area contributed by atoms with E-state index in [0.29, 0.717) is 24.2 Å². The van der Waals surface area contributed by atoms with Crippen LogP contribution in [0.25, 0.3) is 0 Å². The summed E-state index contributed by atoms with van der Waals surface area (Å²) in [5.41, 5.74) is 2.86. The lowest BCUT2D eigenvalue weighted by atomic mass is 9.95. The summed E-state index contributed by atoms with van der Waals surface area (Å²) in [6.07, 6.45) is 6.41. The van der Waals surface area contributed by atoms with E-state index in [-0.39, 0.29) is 12.0 Å². The molecule has 0 aliphatic heterocycles. The van der Waals surface area contributed by atoms with E-state index in [2.05, 4.69) is 16.4 Å². The molecule has 1 fully saturated rings. The van der Waals surface area contributed by atoms with Crippen LogP contribution in [-0.2, 0) is 17.6 Å². The van der Waals surface area contributed by atoms with Gasteiger partial charge in [0.15, 0.2) is 0 Å². The lowest BCUT2D eigenvalue weighted by molar-refractivity contribution is -0.141. The number of aromatic nitrogens is 1. The summed E-state index contributed by atoms with van der Waals surface area (Å²) in [5.74, 6) is -0.363. The van der Waals surface area contributed by atoms with Crippen LogP contribution in [0, 0.1) is 17.2 Å². The van der Waals surface area contributed by atoms with Crippen molar-refractivity contribution in [3.05, 3.63) is 22.9 Å². The normalized spacial score (nSPS) is 24.1. The van der Waals surface area contributed by atoms with Gasteiger partial charge in [0.05, 0.1) is 11.5 Å². The molecule has 2 aliphatic carbocycles. The van der Waals surface area contributed by atoms with Crippen molar-refractivity contribution in [2.24, 2.45) is 5.92 Å². The average molecular weight is 285 g/mol. The van der Waals surface area contributed by atoms with E-state index >= 15 is 0 Å². The van der Waals surface area contributed by atoms with Crippen LogP contribution < -0.4 is 5.32 Å². The Morgan fingerprint density at radius 2 is 2.19 bits per heavy atom. The van der Waals surface area contributed by atoms with Gasteiger partial charge in [0.25, 0.3) is 0 Å². The predicted octanol–water partition coefficient (Wildman–Crippen LogP) is 2.50. The zero-order chi connectivity index (χ0) is 14.8. The third-order valence-corrected chi connectivity index (χ3v) is 4.54. The van der Waals surface area contributed by atoms with Crippen LogP contribution in [0.4, 0.5) is 5.82 Å². The Bertz CT molecular complexity index is 606. The molecule has 0 aromatic carbocycles. The molecule has 0 radical (unpaired) electrons. The highest BCUT2D eigenvalue weighted by Gasteiger charge is 2.30. The maximum absolute atomic E-state index is 11.0. The summed E-state index contributed by atoms with van der Waals surface area (Å²) in [5, 5.41) is 21.7. The number of nitriles is 1. The molecule has 0 spiro atoms. The lowest BCUT2D eigenvalue weighted by Crippen LogP contribution is -2.20. The van der Waals surface area contributed by atoms with Crippen LogP contribution in [0.1, 0.15) is 48.9 Å². The topological polar surface area (TPSA) is 86.0 Å². The van der Waals surface area contributed by atoms with Crippen molar-refractivity contribution in [3.63, 3.8) is 0 Å². The van der Waals surface area contributed by atoms with Gasteiger partial charge in [-0.3, -0.25) is 4.79 Å². The number of rotatable bonds is 3. The molecule has 21 heavy (non-hydrogen) atoms. The fourth-order valence-corrected chi connectivity index (χ4v) is 3.36.